The molecule has 0 unspecified atom stereocenters. The van der Waals surface area contributed by atoms with Crippen LogP contribution in [0, 0.1) is 11.8 Å². The normalized spacial score (nSPS) is 15.6. The molecule has 0 spiro atoms. The van der Waals surface area contributed by atoms with Crippen LogP contribution < -0.4 is 0 Å². The first-order chi connectivity index (χ1) is 7.54. The average molecular weight is 227 g/mol. The van der Waals surface area contributed by atoms with Gasteiger partial charge in [0.1, 0.15) is 0 Å². The van der Waals surface area contributed by atoms with Gasteiger partial charge in [-0.3, -0.25) is 14.5 Å². The number of rotatable bonds is 2. The second-order valence-corrected chi connectivity index (χ2v) is 4.37. The van der Waals surface area contributed by atoms with E-state index in [2.05, 4.69) is 0 Å². The van der Waals surface area contributed by atoms with Crippen molar-refractivity contribution in [2.45, 2.75) is 53.4 Å². The van der Waals surface area contributed by atoms with E-state index in [1.54, 1.807) is 7.05 Å². The van der Waals surface area contributed by atoms with Gasteiger partial charge >= 0.3 is 0 Å². The zero-order valence-electron chi connectivity index (χ0n) is 11.2. The summed E-state index contributed by atoms with van der Waals surface area (Å²) in [6, 6.07) is 0. The van der Waals surface area contributed by atoms with Crippen molar-refractivity contribution >= 4 is 11.8 Å². The van der Waals surface area contributed by atoms with Gasteiger partial charge in [0, 0.05) is 18.9 Å². The molecular weight excluding hydrogens is 202 g/mol. The van der Waals surface area contributed by atoms with Gasteiger partial charge in [0.15, 0.2) is 0 Å². The summed E-state index contributed by atoms with van der Waals surface area (Å²) >= 11 is 0. The number of carbonyl (C=O) groups is 2. The summed E-state index contributed by atoms with van der Waals surface area (Å²) in [6.45, 7) is 7.64. The molecule has 0 radical (unpaired) electrons. The molecule has 0 aromatic rings. The number of carbonyl (C=O) groups excluding carboxylic acids is 2. The molecule has 1 saturated carbocycles. The summed E-state index contributed by atoms with van der Waals surface area (Å²) in [7, 11) is 1.60. The molecule has 0 aromatic heterocycles. The van der Waals surface area contributed by atoms with Crippen LogP contribution in [-0.4, -0.2) is 23.8 Å². The second-order valence-electron chi connectivity index (χ2n) is 4.37. The first kappa shape index (κ1) is 15.1. The molecule has 0 bridgehead atoms. The van der Waals surface area contributed by atoms with Crippen molar-refractivity contribution in [3.8, 4) is 0 Å². The largest absolute Gasteiger partial charge is 0.285 e. The van der Waals surface area contributed by atoms with Crippen LogP contribution >= 0.6 is 0 Å². The quantitative estimate of drug-likeness (QED) is 0.727. The lowest BCUT2D eigenvalue weighted by Gasteiger charge is -2.20. The smallest absolute Gasteiger partial charge is 0.232 e. The molecule has 0 saturated heterocycles. The van der Waals surface area contributed by atoms with Gasteiger partial charge in [0.25, 0.3) is 0 Å². The highest BCUT2D eigenvalue weighted by atomic mass is 16.2. The lowest BCUT2D eigenvalue weighted by molar-refractivity contribution is -0.147. The lowest BCUT2D eigenvalue weighted by Crippen LogP contribution is -2.39. The van der Waals surface area contributed by atoms with Gasteiger partial charge in [-0.15, -0.1) is 0 Å². The van der Waals surface area contributed by atoms with E-state index < -0.39 is 0 Å². The van der Waals surface area contributed by atoms with Crippen molar-refractivity contribution < 1.29 is 9.59 Å². The highest BCUT2D eigenvalue weighted by molar-refractivity contribution is 5.96. The average Bonchev–Trinajstić information content (AvgIpc) is 2.82. The summed E-state index contributed by atoms with van der Waals surface area (Å²) in [5.41, 5.74) is 0. The van der Waals surface area contributed by atoms with Gasteiger partial charge in [0.05, 0.1) is 0 Å². The van der Waals surface area contributed by atoms with E-state index in [9.17, 15) is 9.59 Å². The molecule has 1 rings (SSSR count). The van der Waals surface area contributed by atoms with Crippen LogP contribution in [0.3, 0.4) is 0 Å². The summed E-state index contributed by atoms with van der Waals surface area (Å²) in [5.74, 6) is -0.0452. The minimum Gasteiger partial charge on any atom is -0.285 e. The Kier molecular flexibility index (Phi) is 7.02. The van der Waals surface area contributed by atoms with Crippen LogP contribution in [0.25, 0.3) is 0 Å². The highest BCUT2D eigenvalue weighted by Gasteiger charge is 2.29. The summed E-state index contributed by atoms with van der Waals surface area (Å²) in [5, 5.41) is 0. The number of hydrogen-bond acceptors (Lipinski definition) is 2. The molecule has 16 heavy (non-hydrogen) atoms. The maximum Gasteiger partial charge on any atom is 0.232 e. The van der Waals surface area contributed by atoms with Crippen LogP contribution in [0.4, 0.5) is 0 Å². The molecule has 0 atom stereocenters. The van der Waals surface area contributed by atoms with Gasteiger partial charge in [-0.1, -0.05) is 40.5 Å². The molecule has 0 aliphatic heterocycles. The van der Waals surface area contributed by atoms with Gasteiger partial charge in [-0.05, 0) is 12.8 Å². The van der Waals surface area contributed by atoms with Crippen LogP contribution in [0.15, 0.2) is 0 Å². The van der Waals surface area contributed by atoms with E-state index in [0.717, 1.165) is 25.7 Å². The van der Waals surface area contributed by atoms with Gasteiger partial charge in [-0.2, -0.15) is 0 Å². The van der Waals surface area contributed by atoms with Crippen LogP contribution in [0.2, 0.25) is 0 Å². The van der Waals surface area contributed by atoms with E-state index >= 15 is 0 Å². The fraction of sp³-hybridized carbons (Fsp3) is 0.846. The standard InChI is InChI=1S/C11H19NO2.C2H6/c1-8(2)10(13)12(3)11(14)9-6-4-5-7-9;1-2/h8-9H,4-7H2,1-3H3;1-2H3. The molecule has 0 heterocycles. The molecule has 1 aliphatic carbocycles. The Morgan fingerprint density at radius 1 is 1.12 bits per heavy atom. The molecular formula is C13H25NO2. The summed E-state index contributed by atoms with van der Waals surface area (Å²) < 4.78 is 0. The van der Waals surface area contributed by atoms with Crippen molar-refractivity contribution in [2.24, 2.45) is 11.8 Å². The molecule has 0 N–H and O–H groups in total. The maximum absolute atomic E-state index is 11.8. The minimum absolute atomic E-state index is 0.0150. The Bertz CT molecular complexity index is 230. The minimum atomic E-state index is -0.0923. The van der Waals surface area contributed by atoms with Crippen molar-refractivity contribution in [2.75, 3.05) is 7.05 Å². The van der Waals surface area contributed by atoms with Crippen molar-refractivity contribution in [1.29, 1.82) is 0 Å². The van der Waals surface area contributed by atoms with Crippen LogP contribution in [0.1, 0.15) is 53.4 Å². The van der Waals surface area contributed by atoms with E-state index in [0.29, 0.717) is 0 Å². The molecule has 3 nitrogen and oxygen atoms in total. The summed E-state index contributed by atoms with van der Waals surface area (Å²) in [6.07, 6.45) is 4.16. The van der Waals surface area contributed by atoms with Crippen LogP contribution in [0.5, 0.6) is 0 Å². The predicted molar refractivity (Wildman–Crippen MR) is 65.9 cm³/mol. The molecule has 94 valence electrons. The number of hydrogen-bond donors (Lipinski definition) is 0. The first-order valence-corrected chi connectivity index (χ1v) is 6.35. The van der Waals surface area contributed by atoms with E-state index in [-0.39, 0.29) is 23.7 Å². The molecule has 2 amide bonds. The Morgan fingerprint density at radius 2 is 1.56 bits per heavy atom. The van der Waals surface area contributed by atoms with Crippen molar-refractivity contribution in [1.82, 2.24) is 4.90 Å². The third-order valence-corrected chi connectivity index (χ3v) is 2.86. The highest BCUT2D eigenvalue weighted by Crippen LogP contribution is 2.26. The third kappa shape index (κ3) is 3.95. The van der Waals surface area contributed by atoms with Crippen molar-refractivity contribution in [3.63, 3.8) is 0 Å². The summed E-state index contributed by atoms with van der Waals surface area (Å²) in [4.78, 5) is 24.6. The Balaban J connectivity index is 0.00000106. The Labute approximate surface area is 99.2 Å². The van der Waals surface area contributed by atoms with E-state index in [4.69, 9.17) is 0 Å². The van der Waals surface area contributed by atoms with Crippen LogP contribution in [-0.2, 0) is 9.59 Å². The SMILES string of the molecule is CC.CC(C)C(=O)N(C)C(=O)C1CCCC1. The van der Waals surface area contributed by atoms with Crippen molar-refractivity contribution in [3.05, 3.63) is 0 Å². The maximum atomic E-state index is 11.8. The van der Waals surface area contributed by atoms with Gasteiger partial charge < -0.3 is 0 Å². The number of imide groups is 1. The second kappa shape index (κ2) is 7.42. The molecule has 1 fully saturated rings. The number of amides is 2. The molecule has 3 heteroatoms. The predicted octanol–water partition coefficient (Wildman–Crippen LogP) is 2.84. The topological polar surface area (TPSA) is 37.4 Å². The zero-order chi connectivity index (χ0) is 12.7. The third-order valence-electron chi connectivity index (χ3n) is 2.86. The van der Waals surface area contributed by atoms with Gasteiger partial charge in [0.2, 0.25) is 11.8 Å². The number of nitrogens with zero attached hydrogens (tertiary/aromatic N) is 1. The fourth-order valence-corrected chi connectivity index (χ4v) is 1.94. The molecule has 1 aliphatic rings. The molecule has 0 aromatic carbocycles. The Hall–Kier alpha value is -0.860. The lowest BCUT2D eigenvalue weighted by atomic mass is 10.1. The van der Waals surface area contributed by atoms with E-state index in [1.165, 1.54) is 4.90 Å². The first-order valence-electron chi connectivity index (χ1n) is 6.35. The van der Waals surface area contributed by atoms with Gasteiger partial charge in [-0.25, -0.2) is 0 Å². The van der Waals surface area contributed by atoms with E-state index in [1.807, 2.05) is 27.7 Å². The Morgan fingerprint density at radius 3 is 1.94 bits per heavy atom. The monoisotopic (exact) mass is 227 g/mol. The zero-order valence-corrected chi connectivity index (χ0v) is 11.2. The fourth-order valence-electron chi connectivity index (χ4n) is 1.94.